The maximum absolute atomic E-state index is 5.91. The number of hydrogen-bond acceptors (Lipinski definition) is 2. The van der Waals surface area contributed by atoms with E-state index in [1.165, 1.54) is 32.1 Å². The smallest absolute Gasteiger partial charge is 0.143 e. The van der Waals surface area contributed by atoms with E-state index in [1.807, 2.05) is 0 Å². The van der Waals surface area contributed by atoms with Gasteiger partial charge in [0.1, 0.15) is 5.75 Å². The predicted octanol–water partition coefficient (Wildman–Crippen LogP) is 4.27. The Hall–Kier alpha value is -0.890. The fraction of sp³-hybridized carbons (Fsp3) is 0.571. The number of halogens is 1. The van der Waals surface area contributed by atoms with Gasteiger partial charge in [-0.1, -0.05) is 43.7 Å². The van der Waals surface area contributed by atoms with Gasteiger partial charge in [-0.15, -0.1) is 0 Å². The molecule has 2 nitrogen and oxygen atoms in total. The average Bonchev–Trinajstić information content (AvgIpc) is 2.35. The molecule has 17 heavy (non-hydrogen) atoms. The maximum atomic E-state index is 5.91. The van der Waals surface area contributed by atoms with Crippen LogP contribution in [0.15, 0.2) is 18.2 Å². The van der Waals surface area contributed by atoms with E-state index in [9.17, 15) is 0 Å². The van der Waals surface area contributed by atoms with Gasteiger partial charge in [0.2, 0.25) is 0 Å². The lowest BCUT2D eigenvalue weighted by Crippen LogP contribution is -2.11. The molecule has 0 aliphatic heterocycles. The summed E-state index contributed by atoms with van der Waals surface area (Å²) in [4.78, 5) is 0. The normalized spacial score (nSPS) is 17.0. The van der Waals surface area contributed by atoms with Crippen molar-refractivity contribution >= 4 is 17.3 Å². The molecule has 0 unspecified atom stereocenters. The molecule has 3 heteroatoms. The van der Waals surface area contributed by atoms with Gasteiger partial charge in [-0.25, -0.2) is 0 Å². The predicted molar refractivity (Wildman–Crippen MR) is 72.6 cm³/mol. The third kappa shape index (κ3) is 3.81. The van der Waals surface area contributed by atoms with Crippen LogP contribution >= 0.6 is 11.6 Å². The third-order valence-electron chi connectivity index (χ3n) is 3.48. The second-order valence-electron chi connectivity index (χ2n) is 4.82. The van der Waals surface area contributed by atoms with Crippen molar-refractivity contribution in [2.45, 2.75) is 38.5 Å². The molecule has 2 rings (SSSR count). The standard InChI is InChI=1S/C14H20ClNO/c15-12-6-7-13(16)14(10-12)17-9-8-11-4-2-1-3-5-11/h6-7,10-11H,1-5,8-9,16H2. The van der Waals surface area contributed by atoms with Crippen LogP contribution < -0.4 is 10.5 Å². The Bertz CT molecular complexity index is 361. The molecule has 1 aliphatic rings. The molecule has 0 heterocycles. The van der Waals surface area contributed by atoms with Crippen molar-refractivity contribution in [3.05, 3.63) is 23.2 Å². The van der Waals surface area contributed by atoms with Crippen LogP contribution in [0, 0.1) is 5.92 Å². The second-order valence-corrected chi connectivity index (χ2v) is 5.26. The van der Waals surface area contributed by atoms with Gasteiger partial charge in [-0.3, -0.25) is 0 Å². The fourth-order valence-corrected chi connectivity index (χ4v) is 2.61. The first-order valence-corrected chi connectivity index (χ1v) is 6.81. The summed E-state index contributed by atoms with van der Waals surface area (Å²) in [5.41, 5.74) is 6.49. The molecule has 1 aromatic rings. The van der Waals surface area contributed by atoms with E-state index in [2.05, 4.69) is 0 Å². The van der Waals surface area contributed by atoms with Crippen LogP contribution in [0.2, 0.25) is 5.02 Å². The summed E-state index contributed by atoms with van der Waals surface area (Å²) in [7, 11) is 0. The summed E-state index contributed by atoms with van der Waals surface area (Å²) >= 11 is 5.91. The molecule has 1 aliphatic carbocycles. The van der Waals surface area contributed by atoms with Crippen LogP contribution in [0.1, 0.15) is 38.5 Å². The second kappa shape index (κ2) is 6.15. The zero-order valence-corrected chi connectivity index (χ0v) is 10.9. The number of rotatable bonds is 4. The van der Waals surface area contributed by atoms with Gasteiger partial charge in [-0.05, 0) is 24.5 Å². The van der Waals surface area contributed by atoms with Crippen molar-refractivity contribution in [2.75, 3.05) is 12.3 Å². The molecule has 0 bridgehead atoms. The van der Waals surface area contributed by atoms with Gasteiger partial charge in [0.05, 0.1) is 12.3 Å². The number of benzene rings is 1. The molecular formula is C14H20ClNO. The van der Waals surface area contributed by atoms with Crippen molar-refractivity contribution in [3.63, 3.8) is 0 Å². The minimum absolute atomic E-state index is 0.665. The Morgan fingerprint density at radius 3 is 2.76 bits per heavy atom. The number of anilines is 1. The molecule has 2 N–H and O–H groups in total. The summed E-state index contributed by atoms with van der Waals surface area (Å²) in [5, 5.41) is 0.673. The van der Waals surface area contributed by atoms with E-state index < -0.39 is 0 Å². The van der Waals surface area contributed by atoms with E-state index in [0.717, 1.165) is 18.9 Å². The Morgan fingerprint density at radius 1 is 1.24 bits per heavy atom. The van der Waals surface area contributed by atoms with Crippen LogP contribution in [0.3, 0.4) is 0 Å². The molecule has 1 aromatic carbocycles. The van der Waals surface area contributed by atoms with E-state index in [0.29, 0.717) is 16.5 Å². The van der Waals surface area contributed by atoms with Crippen molar-refractivity contribution < 1.29 is 4.74 Å². The van der Waals surface area contributed by atoms with E-state index in [1.54, 1.807) is 18.2 Å². The quantitative estimate of drug-likeness (QED) is 0.814. The summed E-state index contributed by atoms with van der Waals surface area (Å²) in [5.74, 6) is 1.55. The maximum Gasteiger partial charge on any atom is 0.143 e. The molecule has 0 radical (unpaired) electrons. The highest BCUT2D eigenvalue weighted by Gasteiger charge is 2.13. The summed E-state index contributed by atoms with van der Waals surface area (Å²) in [6, 6.07) is 5.36. The molecule has 0 atom stereocenters. The molecule has 0 saturated heterocycles. The first-order chi connectivity index (χ1) is 8.25. The minimum Gasteiger partial charge on any atom is -0.491 e. The molecule has 94 valence electrons. The third-order valence-corrected chi connectivity index (χ3v) is 3.72. The van der Waals surface area contributed by atoms with Gasteiger partial charge in [0.25, 0.3) is 0 Å². The number of hydrogen-bond donors (Lipinski definition) is 1. The lowest BCUT2D eigenvalue weighted by atomic mass is 9.87. The fourth-order valence-electron chi connectivity index (χ4n) is 2.44. The van der Waals surface area contributed by atoms with Crippen molar-refractivity contribution in [2.24, 2.45) is 5.92 Å². The average molecular weight is 254 g/mol. The van der Waals surface area contributed by atoms with Gasteiger partial charge in [0.15, 0.2) is 0 Å². The summed E-state index contributed by atoms with van der Waals surface area (Å²) in [6.07, 6.45) is 8.00. The Balaban J connectivity index is 1.79. The Morgan fingerprint density at radius 2 is 2.00 bits per heavy atom. The number of ether oxygens (including phenoxy) is 1. The topological polar surface area (TPSA) is 35.2 Å². The number of nitrogen functional groups attached to an aromatic ring is 1. The lowest BCUT2D eigenvalue weighted by Gasteiger charge is -2.21. The molecule has 0 amide bonds. The summed E-state index contributed by atoms with van der Waals surface area (Å²) < 4.78 is 5.71. The molecule has 1 saturated carbocycles. The first kappa shape index (κ1) is 12.6. The number of nitrogens with two attached hydrogens (primary N) is 1. The highest BCUT2D eigenvalue weighted by molar-refractivity contribution is 6.30. The molecule has 1 fully saturated rings. The lowest BCUT2D eigenvalue weighted by molar-refractivity contribution is 0.247. The Kier molecular flexibility index (Phi) is 4.55. The first-order valence-electron chi connectivity index (χ1n) is 6.43. The zero-order chi connectivity index (χ0) is 12.1. The van der Waals surface area contributed by atoms with Gasteiger partial charge in [0, 0.05) is 11.1 Å². The van der Waals surface area contributed by atoms with Gasteiger partial charge < -0.3 is 10.5 Å². The highest BCUT2D eigenvalue weighted by atomic mass is 35.5. The van der Waals surface area contributed by atoms with Crippen molar-refractivity contribution in [1.82, 2.24) is 0 Å². The zero-order valence-electron chi connectivity index (χ0n) is 10.1. The van der Waals surface area contributed by atoms with Crippen molar-refractivity contribution in [3.8, 4) is 5.75 Å². The SMILES string of the molecule is Nc1ccc(Cl)cc1OCCC1CCCCC1. The Labute approximate surface area is 108 Å². The molecule has 0 aromatic heterocycles. The van der Waals surface area contributed by atoms with Crippen LogP contribution in [-0.4, -0.2) is 6.61 Å². The van der Waals surface area contributed by atoms with E-state index in [4.69, 9.17) is 22.1 Å². The minimum atomic E-state index is 0.665. The van der Waals surface area contributed by atoms with Crippen LogP contribution in [0.25, 0.3) is 0 Å². The monoisotopic (exact) mass is 253 g/mol. The van der Waals surface area contributed by atoms with Crippen LogP contribution in [-0.2, 0) is 0 Å². The van der Waals surface area contributed by atoms with Crippen LogP contribution in [0.4, 0.5) is 5.69 Å². The van der Waals surface area contributed by atoms with E-state index >= 15 is 0 Å². The van der Waals surface area contributed by atoms with E-state index in [-0.39, 0.29) is 0 Å². The summed E-state index contributed by atoms with van der Waals surface area (Å²) in [6.45, 7) is 0.745. The van der Waals surface area contributed by atoms with Gasteiger partial charge in [-0.2, -0.15) is 0 Å². The van der Waals surface area contributed by atoms with Crippen LogP contribution in [0.5, 0.6) is 5.75 Å². The van der Waals surface area contributed by atoms with Crippen molar-refractivity contribution in [1.29, 1.82) is 0 Å². The van der Waals surface area contributed by atoms with Gasteiger partial charge >= 0.3 is 0 Å². The molecule has 0 spiro atoms. The largest absolute Gasteiger partial charge is 0.491 e. The highest BCUT2D eigenvalue weighted by Crippen LogP contribution is 2.28. The molecular weight excluding hydrogens is 234 g/mol.